The van der Waals surface area contributed by atoms with E-state index >= 15 is 0 Å². The van der Waals surface area contributed by atoms with Crippen molar-refractivity contribution in [3.8, 4) is 0 Å². The van der Waals surface area contributed by atoms with Crippen molar-refractivity contribution in [2.24, 2.45) is 5.92 Å². The summed E-state index contributed by atoms with van der Waals surface area (Å²) in [6.07, 6.45) is 4.80. The van der Waals surface area contributed by atoms with Crippen LogP contribution in [0, 0.1) is 11.3 Å². The smallest absolute Gasteiger partial charge is 0.219 e. The Balaban J connectivity index is 1.67. The molecule has 1 fully saturated rings. The number of likely N-dealkylation sites (tertiary alicyclic amines) is 1. The van der Waals surface area contributed by atoms with Crippen LogP contribution in [-0.2, 0) is 4.79 Å². The Labute approximate surface area is 145 Å². The highest BCUT2D eigenvalue weighted by Gasteiger charge is 2.27. The molecule has 3 heterocycles. The Morgan fingerprint density at radius 2 is 2.25 bits per heavy atom. The van der Waals surface area contributed by atoms with Crippen molar-refractivity contribution < 1.29 is 4.79 Å². The molecule has 0 bridgehead atoms. The summed E-state index contributed by atoms with van der Waals surface area (Å²) < 4.78 is 0. The Morgan fingerprint density at radius 1 is 1.46 bits per heavy atom. The van der Waals surface area contributed by atoms with Gasteiger partial charge in [0.1, 0.15) is 5.15 Å². The molecule has 124 valence electrons. The normalized spacial score (nSPS) is 15.2. The van der Waals surface area contributed by atoms with Gasteiger partial charge in [-0.25, -0.2) is 4.98 Å². The van der Waals surface area contributed by atoms with Gasteiger partial charge in [0.25, 0.3) is 0 Å². The van der Waals surface area contributed by atoms with Gasteiger partial charge in [0, 0.05) is 62.2 Å². The van der Waals surface area contributed by atoms with Crippen molar-refractivity contribution in [1.82, 2.24) is 20.2 Å². The fourth-order valence-corrected chi connectivity index (χ4v) is 2.79. The SMILES string of the molecule is CC(=O)N1CC(CN/C=C(\C=N)c2cnc3ccc(Cl)nc3c2)C1. The van der Waals surface area contributed by atoms with Crippen molar-refractivity contribution in [3.05, 3.63) is 41.3 Å². The zero-order valence-corrected chi connectivity index (χ0v) is 14.0. The lowest BCUT2D eigenvalue weighted by Crippen LogP contribution is -2.52. The highest BCUT2D eigenvalue weighted by atomic mass is 35.5. The number of hydrogen-bond donors (Lipinski definition) is 2. The van der Waals surface area contributed by atoms with Gasteiger partial charge in [-0.15, -0.1) is 0 Å². The lowest BCUT2D eigenvalue weighted by atomic mass is 10.0. The van der Waals surface area contributed by atoms with Crippen LogP contribution >= 0.6 is 11.6 Å². The third kappa shape index (κ3) is 3.54. The lowest BCUT2D eigenvalue weighted by Gasteiger charge is -2.38. The summed E-state index contributed by atoms with van der Waals surface area (Å²) in [7, 11) is 0. The van der Waals surface area contributed by atoms with Crippen LogP contribution < -0.4 is 5.32 Å². The number of fused-ring (bicyclic) bond motifs is 1. The summed E-state index contributed by atoms with van der Waals surface area (Å²) in [6, 6.07) is 5.39. The van der Waals surface area contributed by atoms with Gasteiger partial charge in [-0.3, -0.25) is 9.78 Å². The van der Waals surface area contributed by atoms with Gasteiger partial charge in [-0.05, 0) is 18.2 Å². The number of nitrogens with one attached hydrogen (secondary N) is 2. The monoisotopic (exact) mass is 343 g/mol. The van der Waals surface area contributed by atoms with Crippen LogP contribution in [0.5, 0.6) is 0 Å². The summed E-state index contributed by atoms with van der Waals surface area (Å²) in [5.41, 5.74) is 2.98. The number of allylic oxidation sites excluding steroid dienone is 1. The van der Waals surface area contributed by atoms with Gasteiger partial charge in [0.2, 0.25) is 5.91 Å². The minimum atomic E-state index is 0.121. The summed E-state index contributed by atoms with van der Waals surface area (Å²) in [6.45, 7) is 3.93. The molecule has 0 atom stereocenters. The molecule has 24 heavy (non-hydrogen) atoms. The fourth-order valence-electron chi connectivity index (χ4n) is 2.64. The molecule has 6 nitrogen and oxygen atoms in total. The Kier molecular flexibility index (Phi) is 4.76. The first-order valence-electron chi connectivity index (χ1n) is 7.69. The van der Waals surface area contributed by atoms with Gasteiger partial charge < -0.3 is 15.6 Å². The second kappa shape index (κ2) is 6.97. The third-order valence-electron chi connectivity index (χ3n) is 4.06. The van der Waals surface area contributed by atoms with E-state index in [-0.39, 0.29) is 5.91 Å². The van der Waals surface area contributed by atoms with Crippen LogP contribution in [0.1, 0.15) is 12.5 Å². The van der Waals surface area contributed by atoms with Crippen LogP contribution in [0.25, 0.3) is 16.6 Å². The molecule has 2 aromatic rings. The standard InChI is InChI=1S/C17H18ClN5O/c1-11(24)23-9-12(10-23)6-20-7-14(5-19)13-4-16-15(21-8-13)2-3-17(18)22-16/h2-5,7-8,12,19-20H,6,9-10H2,1H3/b14-7+,19-5?. The Hall–Kier alpha value is -2.47. The Morgan fingerprint density at radius 3 is 2.96 bits per heavy atom. The van der Waals surface area contributed by atoms with E-state index in [0.29, 0.717) is 22.2 Å². The molecule has 7 heteroatoms. The number of hydrogen-bond acceptors (Lipinski definition) is 5. The molecule has 0 spiro atoms. The maximum Gasteiger partial charge on any atom is 0.219 e. The Bertz CT molecular complexity index is 814. The molecule has 1 aliphatic heterocycles. The van der Waals surface area contributed by atoms with Gasteiger partial charge in [-0.1, -0.05) is 11.6 Å². The van der Waals surface area contributed by atoms with E-state index in [1.54, 1.807) is 25.4 Å². The quantitative estimate of drug-likeness (QED) is 0.645. The molecule has 0 aliphatic carbocycles. The summed E-state index contributed by atoms with van der Waals surface area (Å²) in [5.74, 6) is 0.572. The van der Waals surface area contributed by atoms with Crippen LogP contribution in [0.3, 0.4) is 0 Å². The van der Waals surface area contributed by atoms with E-state index in [2.05, 4.69) is 15.3 Å². The molecule has 0 saturated carbocycles. The first kappa shape index (κ1) is 16.4. The van der Waals surface area contributed by atoms with E-state index in [9.17, 15) is 4.79 Å². The number of halogens is 1. The number of aromatic nitrogens is 2. The molecule has 2 N–H and O–H groups in total. The summed E-state index contributed by atoms with van der Waals surface area (Å²) in [4.78, 5) is 21.6. The molecule has 2 aromatic heterocycles. The van der Waals surface area contributed by atoms with Crippen molar-refractivity contribution in [2.45, 2.75) is 6.92 Å². The maximum atomic E-state index is 11.2. The molecule has 3 rings (SSSR count). The first-order valence-corrected chi connectivity index (χ1v) is 8.07. The van der Waals surface area contributed by atoms with Crippen LogP contribution in [-0.4, -0.2) is 46.6 Å². The lowest BCUT2D eigenvalue weighted by molar-refractivity contribution is -0.134. The fraction of sp³-hybridized carbons (Fsp3) is 0.294. The van der Waals surface area contributed by atoms with E-state index in [1.165, 1.54) is 6.21 Å². The largest absolute Gasteiger partial charge is 0.390 e. The summed E-state index contributed by atoms with van der Waals surface area (Å²) >= 11 is 5.92. The maximum absolute atomic E-state index is 11.2. The minimum Gasteiger partial charge on any atom is -0.390 e. The average molecular weight is 344 g/mol. The molecular formula is C17H18ClN5O. The molecule has 1 aliphatic rings. The van der Waals surface area contributed by atoms with Crippen molar-refractivity contribution in [2.75, 3.05) is 19.6 Å². The van der Waals surface area contributed by atoms with Gasteiger partial charge in [-0.2, -0.15) is 0 Å². The van der Waals surface area contributed by atoms with E-state index in [0.717, 1.165) is 30.7 Å². The van der Waals surface area contributed by atoms with Crippen molar-refractivity contribution in [3.63, 3.8) is 0 Å². The predicted molar refractivity (Wildman–Crippen MR) is 95.1 cm³/mol. The van der Waals surface area contributed by atoms with Crippen LogP contribution in [0.4, 0.5) is 0 Å². The summed E-state index contributed by atoms with van der Waals surface area (Å²) in [5, 5.41) is 11.3. The van der Waals surface area contributed by atoms with Crippen molar-refractivity contribution in [1.29, 1.82) is 5.41 Å². The molecular weight excluding hydrogens is 326 g/mol. The highest BCUT2D eigenvalue weighted by molar-refractivity contribution is 6.29. The topological polar surface area (TPSA) is 82.0 Å². The number of carbonyl (C=O) groups is 1. The number of amides is 1. The average Bonchev–Trinajstić information content (AvgIpc) is 2.52. The molecule has 0 aromatic carbocycles. The molecule has 0 radical (unpaired) electrons. The molecule has 1 saturated heterocycles. The second-order valence-electron chi connectivity index (χ2n) is 5.84. The zero-order chi connectivity index (χ0) is 17.1. The van der Waals surface area contributed by atoms with Crippen molar-refractivity contribution >= 4 is 40.3 Å². The number of nitrogens with zero attached hydrogens (tertiary/aromatic N) is 3. The van der Waals surface area contributed by atoms with E-state index in [4.69, 9.17) is 17.0 Å². The first-order chi connectivity index (χ1) is 11.6. The minimum absolute atomic E-state index is 0.121. The third-order valence-corrected chi connectivity index (χ3v) is 4.27. The predicted octanol–water partition coefficient (Wildman–Crippen LogP) is 2.34. The van der Waals surface area contributed by atoms with Crippen LogP contribution in [0.2, 0.25) is 5.15 Å². The number of carbonyl (C=O) groups excluding carboxylic acids is 1. The van der Waals surface area contributed by atoms with E-state index < -0.39 is 0 Å². The van der Waals surface area contributed by atoms with Gasteiger partial charge >= 0.3 is 0 Å². The molecule has 0 unspecified atom stereocenters. The van der Waals surface area contributed by atoms with E-state index in [1.807, 2.05) is 17.0 Å². The zero-order valence-electron chi connectivity index (χ0n) is 13.3. The molecule has 1 amide bonds. The van der Waals surface area contributed by atoms with Gasteiger partial charge in [0.05, 0.1) is 11.0 Å². The van der Waals surface area contributed by atoms with Crippen LogP contribution in [0.15, 0.2) is 30.6 Å². The highest BCUT2D eigenvalue weighted by Crippen LogP contribution is 2.19. The number of rotatable bonds is 5. The second-order valence-corrected chi connectivity index (χ2v) is 6.23. The number of pyridine rings is 2. The van der Waals surface area contributed by atoms with Gasteiger partial charge in [0.15, 0.2) is 0 Å².